The zero-order chi connectivity index (χ0) is 8.69. The van der Waals surface area contributed by atoms with Crippen LogP contribution in [0.15, 0.2) is 12.2 Å². The molecule has 0 aromatic rings. The first-order valence-electron chi connectivity index (χ1n) is 4.35. The summed E-state index contributed by atoms with van der Waals surface area (Å²) in [5.74, 6) is 0.495. The van der Waals surface area contributed by atoms with Gasteiger partial charge in [-0.3, -0.25) is 0 Å². The van der Waals surface area contributed by atoms with Crippen LogP contribution in [0.5, 0.6) is 0 Å². The van der Waals surface area contributed by atoms with E-state index in [9.17, 15) is 0 Å². The second-order valence-electron chi connectivity index (χ2n) is 3.18. The average molecular weight is 153 g/mol. The van der Waals surface area contributed by atoms with Crippen molar-refractivity contribution in [1.82, 2.24) is 0 Å². The summed E-state index contributed by atoms with van der Waals surface area (Å²) in [5.41, 5.74) is 1.25. The summed E-state index contributed by atoms with van der Waals surface area (Å²) in [6.07, 6.45) is 6.11. The van der Waals surface area contributed by atoms with Gasteiger partial charge in [-0.2, -0.15) is 0 Å². The molecule has 0 amide bonds. The number of hydrogen-bond acceptors (Lipinski definition) is 1. The van der Waals surface area contributed by atoms with Crippen molar-refractivity contribution < 1.29 is 0 Å². The van der Waals surface area contributed by atoms with E-state index < -0.39 is 0 Å². The van der Waals surface area contributed by atoms with Crippen molar-refractivity contribution in [1.29, 1.82) is 5.41 Å². The van der Waals surface area contributed by atoms with Crippen molar-refractivity contribution >= 4 is 6.21 Å². The summed E-state index contributed by atoms with van der Waals surface area (Å²) in [5, 5.41) is 7.10. The molecule has 0 spiro atoms. The maximum absolute atomic E-state index is 7.10. The van der Waals surface area contributed by atoms with Gasteiger partial charge in [0.05, 0.1) is 0 Å². The van der Waals surface area contributed by atoms with Crippen molar-refractivity contribution in [2.45, 2.75) is 39.5 Å². The van der Waals surface area contributed by atoms with Crippen molar-refractivity contribution in [3.8, 4) is 0 Å². The van der Waals surface area contributed by atoms with Gasteiger partial charge in [0.1, 0.15) is 0 Å². The summed E-state index contributed by atoms with van der Waals surface area (Å²) in [6.45, 7) is 8.04. The van der Waals surface area contributed by atoms with Crippen LogP contribution in [0.25, 0.3) is 0 Å². The highest BCUT2D eigenvalue weighted by molar-refractivity contribution is 5.56. The molecule has 0 radical (unpaired) electrons. The van der Waals surface area contributed by atoms with E-state index in [1.165, 1.54) is 12.0 Å². The van der Waals surface area contributed by atoms with Gasteiger partial charge in [-0.1, -0.05) is 12.5 Å². The Kier molecular flexibility index (Phi) is 5.81. The second kappa shape index (κ2) is 6.14. The minimum atomic E-state index is 0.495. The van der Waals surface area contributed by atoms with Crippen LogP contribution < -0.4 is 0 Å². The average Bonchev–Trinajstić information content (AvgIpc) is 1.98. The molecule has 0 aromatic carbocycles. The first kappa shape index (κ1) is 10.4. The molecule has 0 saturated carbocycles. The minimum absolute atomic E-state index is 0.495. The molecule has 64 valence electrons. The lowest BCUT2D eigenvalue weighted by Gasteiger charge is -2.07. The van der Waals surface area contributed by atoms with Crippen molar-refractivity contribution in [3.05, 3.63) is 12.2 Å². The fraction of sp³-hybridized carbons (Fsp3) is 0.700. The van der Waals surface area contributed by atoms with E-state index in [0.717, 1.165) is 19.3 Å². The molecule has 0 bridgehead atoms. The van der Waals surface area contributed by atoms with Crippen LogP contribution in [0.3, 0.4) is 0 Å². The molecule has 1 N–H and O–H groups in total. The van der Waals surface area contributed by atoms with E-state index in [2.05, 4.69) is 20.4 Å². The number of hydrogen-bond donors (Lipinski definition) is 1. The quantitative estimate of drug-likeness (QED) is 0.446. The first-order valence-corrected chi connectivity index (χ1v) is 4.35. The number of rotatable bonds is 6. The summed E-state index contributed by atoms with van der Waals surface area (Å²) in [6, 6.07) is 0. The van der Waals surface area contributed by atoms with E-state index in [1.54, 1.807) is 6.21 Å². The van der Waals surface area contributed by atoms with E-state index in [1.807, 2.05) is 0 Å². The molecule has 1 atom stereocenters. The molecule has 0 aromatic heterocycles. The summed E-state index contributed by atoms with van der Waals surface area (Å²) in [4.78, 5) is 0. The van der Waals surface area contributed by atoms with Gasteiger partial charge in [0.15, 0.2) is 0 Å². The highest BCUT2D eigenvalue weighted by Gasteiger charge is 2.00. The van der Waals surface area contributed by atoms with Crippen LogP contribution in [0.4, 0.5) is 0 Å². The Morgan fingerprint density at radius 2 is 2.27 bits per heavy atom. The first-order chi connectivity index (χ1) is 5.20. The lowest BCUT2D eigenvalue weighted by atomic mass is 9.99. The fourth-order valence-electron chi connectivity index (χ4n) is 1.07. The molecule has 0 heterocycles. The van der Waals surface area contributed by atoms with Gasteiger partial charge < -0.3 is 5.41 Å². The van der Waals surface area contributed by atoms with E-state index >= 15 is 0 Å². The molecule has 0 saturated heterocycles. The molecular weight excluding hydrogens is 134 g/mol. The van der Waals surface area contributed by atoms with Crippen molar-refractivity contribution in [2.24, 2.45) is 5.92 Å². The van der Waals surface area contributed by atoms with Crippen LogP contribution in [0.2, 0.25) is 0 Å². The highest BCUT2D eigenvalue weighted by atomic mass is 14.3. The Morgan fingerprint density at radius 3 is 2.64 bits per heavy atom. The Balaban J connectivity index is 3.35. The van der Waals surface area contributed by atoms with Crippen LogP contribution in [0.1, 0.15) is 39.5 Å². The van der Waals surface area contributed by atoms with E-state index in [-0.39, 0.29) is 0 Å². The molecule has 1 nitrogen and oxygen atoms in total. The molecule has 0 fully saturated rings. The summed E-state index contributed by atoms with van der Waals surface area (Å²) < 4.78 is 0. The van der Waals surface area contributed by atoms with Gasteiger partial charge in [0.25, 0.3) is 0 Å². The standard InChI is InChI=1S/C10H19N/c1-4-10(8-11)7-5-6-9(2)3/h8,10-11H,2,4-7H2,1,3H3. The van der Waals surface area contributed by atoms with Crippen LogP contribution >= 0.6 is 0 Å². The SMILES string of the molecule is C=C(C)CCCC(C=N)CC. The Hall–Kier alpha value is -0.590. The summed E-state index contributed by atoms with van der Waals surface area (Å²) >= 11 is 0. The van der Waals surface area contributed by atoms with Gasteiger partial charge in [-0.05, 0) is 44.7 Å². The molecule has 1 unspecified atom stereocenters. The van der Waals surface area contributed by atoms with E-state index in [0.29, 0.717) is 5.92 Å². The topological polar surface area (TPSA) is 23.9 Å². The smallest absolute Gasteiger partial charge is 0.00168 e. The third-order valence-corrected chi connectivity index (χ3v) is 1.94. The monoisotopic (exact) mass is 153 g/mol. The van der Waals surface area contributed by atoms with Crippen LogP contribution in [-0.2, 0) is 0 Å². The predicted octanol–water partition coefficient (Wildman–Crippen LogP) is 3.41. The minimum Gasteiger partial charge on any atom is -0.313 e. The number of nitrogens with one attached hydrogen (secondary N) is 1. The van der Waals surface area contributed by atoms with Gasteiger partial charge in [0, 0.05) is 0 Å². The van der Waals surface area contributed by atoms with Crippen LogP contribution in [0, 0.1) is 11.3 Å². The van der Waals surface area contributed by atoms with Crippen LogP contribution in [-0.4, -0.2) is 6.21 Å². The van der Waals surface area contributed by atoms with Crippen molar-refractivity contribution in [3.63, 3.8) is 0 Å². The van der Waals surface area contributed by atoms with Gasteiger partial charge in [0.2, 0.25) is 0 Å². The lowest BCUT2D eigenvalue weighted by molar-refractivity contribution is 0.580. The molecule has 1 heteroatoms. The normalized spacial score (nSPS) is 12.5. The highest BCUT2D eigenvalue weighted by Crippen LogP contribution is 2.12. The maximum Gasteiger partial charge on any atom is -0.00168 e. The molecule has 0 aliphatic carbocycles. The maximum atomic E-state index is 7.10. The Morgan fingerprint density at radius 1 is 1.64 bits per heavy atom. The zero-order valence-corrected chi connectivity index (χ0v) is 7.69. The summed E-state index contributed by atoms with van der Waals surface area (Å²) in [7, 11) is 0. The Labute approximate surface area is 70.0 Å². The van der Waals surface area contributed by atoms with Gasteiger partial charge in [-0.15, -0.1) is 6.58 Å². The van der Waals surface area contributed by atoms with Gasteiger partial charge >= 0.3 is 0 Å². The van der Waals surface area contributed by atoms with Gasteiger partial charge in [-0.25, -0.2) is 0 Å². The predicted molar refractivity (Wildman–Crippen MR) is 51.2 cm³/mol. The third-order valence-electron chi connectivity index (χ3n) is 1.94. The Bertz CT molecular complexity index is 127. The zero-order valence-electron chi connectivity index (χ0n) is 7.69. The molecule has 0 rings (SSSR count). The number of allylic oxidation sites excluding steroid dienone is 1. The molecule has 0 aliphatic heterocycles. The lowest BCUT2D eigenvalue weighted by Crippen LogP contribution is -1.98. The fourth-order valence-corrected chi connectivity index (χ4v) is 1.07. The molecular formula is C10H19N. The van der Waals surface area contributed by atoms with E-state index in [4.69, 9.17) is 5.41 Å². The second-order valence-corrected chi connectivity index (χ2v) is 3.18. The molecule has 0 aliphatic rings. The van der Waals surface area contributed by atoms with Crippen molar-refractivity contribution in [2.75, 3.05) is 0 Å². The largest absolute Gasteiger partial charge is 0.313 e. The third kappa shape index (κ3) is 5.84. The molecule has 11 heavy (non-hydrogen) atoms.